The van der Waals surface area contributed by atoms with Crippen molar-refractivity contribution in [3.63, 3.8) is 0 Å². The predicted molar refractivity (Wildman–Crippen MR) is 131 cm³/mol. The van der Waals surface area contributed by atoms with Gasteiger partial charge in [0.15, 0.2) is 0 Å². The van der Waals surface area contributed by atoms with Crippen LogP contribution in [0.4, 0.5) is 0 Å². The van der Waals surface area contributed by atoms with E-state index in [2.05, 4.69) is 15.7 Å². The Labute approximate surface area is 206 Å². The SMILES string of the molecule is CCC(C)(C)COC(=O)[C@@H]1CCCN(C(=O)[C@H](CC(N)=S)NC(=O)C2Cc3cccnc3C2)N1. The highest BCUT2D eigenvalue weighted by molar-refractivity contribution is 7.80. The number of esters is 1. The monoisotopic (exact) mass is 489 g/mol. The van der Waals surface area contributed by atoms with Crippen molar-refractivity contribution >= 4 is 35.0 Å². The van der Waals surface area contributed by atoms with Crippen LogP contribution in [0.15, 0.2) is 18.3 Å². The number of hydrogen-bond acceptors (Lipinski definition) is 7. The highest BCUT2D eigenvalue weighted by Crippen LogP contribution is 2.25. The number of pyridine rings is 1. The van der Waals surface area contributed by atoms with E-state index in [1.165, 1.54) is 5.01 Å². The van der Waals surface area contributed by atoms with Crippen LogP contribution >= 0.6 is 12.2 Å². The second-order valence-electron chi connectivity index (χ2n) is 9.89. The molecule has 1 aromatic heterocycles. The third kappa shape index (κ3) is 6.73. The molecule has 4 N–H and O–H groups in total. The van der Waals surface area contributed by atoms with Crippen LogP contribution in [-0.4, -0.2) is 58.0 Å². The first-order chi connectivity index (χ1) is 16.1. The van der Waals surface area contributed by atoms with Gasteiger partial charge in [0, 0.05) is 37.2 Å². The Balaban J connectivity index is 1.61. The zero-order chi connectivity index (χ0) is 24.9. The number of ether oxygens (including phenoxy) is 1. The average Bonchev–Trinajstić information content (AvgIpc) is 3.26. The fourth-order valence-electron chi connectivity index (χ4n) is 4.06. The highest BCUT2D eigenvalue weighted by atomic mass is 32.1. The summed E-state index contributed by atoms with van der Waals surface area (Å²) in [5.74, 6) is -1.29. The first-order valence-corrected chi connectivity index (χ1v) is 12.3. The van der Waals surface area contributed by atoms with Crippen molar-refractivity contribution in [2.24, 2.45) is 17.1 Å². The minimum absolute atomic E-state index is 0.0375. The summed E-state index contributed by atoms with van der Waals surface area (Å²) in [4.78, 5) is 43.4. The molecule has 3 rings (SSSR count). The Morgan fingerprint density at radius 1 is 1.38 bits per heavy atom. The van der Waals surface area contributed by atoms with E-state index in [1.54, 1.807) is 6.20 Å². The number of aromatic nitrogens is 1. The Kier molecular flexibility index (Phi) is 8.59. The number of amides is 2. The summed E-state index contributed by atoms with van der Waals surface area (Å²) in [6.07, 6.45) is 4.93. The largest absolute Gasteiger partial charge is 0.464 e. The topological polar surface area (TPSA) is 127 Å². The molecule has 0 saturated carbocycles. The number of rotatable bonds is 9. The molecule has 186 valence electrons. The molecule has 2 heterocycles. The first kappa shape index (κ1) is 26.0. The molecule has 2 aliphatic rings. The van der Waals surface area contributed by atoms with E-state index >= 15 is 0 Å². The molecule has 1 aliphatic carbocycles. The summed E-state index contributed by atoms with van der Waals surface area (Å²) in [6, 6.07) is 2.28. The molecule has 0 aromatic carbocycles. The predicted octanol–water partition coefficient (Wildman–Crippen LogP) is 1.43. The standard InChI is InChI=1S/C24H35N5O4S/c1-4-24(2,3)14-33-23(32)17-8-6-10-29(28-17)22(31)19(13-20(25)34)27-21(30)16-11-15-7-5-9-26-18(15)12-16/h5,7,9,16-17,19,28H,4,6,8,10-14H2,1-3H3,(H2,25,34)(H,27,30)/t16?,17-,19-/m0/s1. The van der Waals surface area contributed by atoms with Gasteiger partial charge < -0.3 is 15.8 Å². The number of hydrazine groups is 1. The van der Waals surface area contributed by atoms with Gasteiger partial charge in [-0.25, -0.2) is 5.43 Å². The number of hydrogen-bond donors (Lipinski definition) is 3. The number of nitrogens with two attached hydrogens (primary N) is 1. The van der Waals surface area contributed by atoms with E-state index in [1.807, 2.05) is 32.9 Å². The van der Waals surface area contributed by atoms with Crippen molar-refractivity contribution in [1.29, 1.82) is 0 Å². The van der Waals surface area contributed by atoms with Crippen molar-refractivity contribution in [3.05, 3.63) is 29.6 Å². The number of carbonyl (C=O) groups is 3. The average molecular weight is 490 g/mol. The van der Waals surface area contributed by atoms with Crippen LogP contribution in [0, 0.1) is 11.3 Å². The Hall–Kier alpha value is -2.59. The van der Waals surface area contributed by atoms with Gasteiger partial charge in [0.05, 0.1) is 11.6 Å². The van der Waals surface area contributed by atoms with E-state index in [4.69, 9.17) is 22.7 Å². The lowest BCUT2D eigenvalue weighted by Gasteiger charge is -2.35. The molecule has 1 aliphatic heterocycles. The molecule has 3 atom stereocenters. The minimum atomic E-state index is -0.914. The van der Waals surface area contributed by atoms with Crippen LogP contribution in [0.25, 0.3) is 0 Å². The van der Waals surface area contributed by atoms with Gasteiger partial charge in [0.25, 0.3) is 5.91 Å². The quantitative estimate of drug-likeness (QED) is 0.351. The van der Waals surface area contributed by atoms with Gasteiger partial charge in [-0.3, -0.25) is 24.4 Å². The zero-order valence-electron chi connectivity index (χ0n) is 20.1. The Bertz CT molecular complexity index is 913. The molecule has 2 amide bonds. The smallest absolute Gasteiger partial charge is 0.324 e. The van der Waals surface area contributed by atoms with Gasteiger partial charge >= 0.3 is 5.97 Å². The van der Waals surface area contributed by atoms with E-state index in [0.29, 0.717) is 38.8 Å². The van der Waals surface area contributed by atoms with E-state index in [9.17, 15) is 14.4 Å². The number of carbonyl (C=O) groups excluding carboxylic acids is 3. The lowest BCUT2D eigenvalue weighted by Crippen LogP contribution is -2.60. The normalized spacial score (nSPS) is 20.9. The molecule has 1 saturated heterocycles. The maximum absolute atomic E-state index is 13.3. The first-order valence-electron chi connectivity index (χ1n) is 11.8. The Morgan fingerprint density at radius 2 is 2.15 bits per heavy atom. The molecular weight excluding hydrogens is 454 g/mol. The van der Waals surface area contributed by atoms with Crippen molar-refractivity contribution in [2.75, 3.05) is 13.2 Å². The molecule has 34 heavy (non-hydrogen) atoms. The third-order valence-corrected chi connectivity index (χ3v) is 6.75. The molecule has 0 bridgehead atoms. The molecule has 1 unspecified atom stereocenters. The molecule has 9 nitrogen and oxygen atoms in total. The molecule has 10 heteroatoms. The zero-order valence-corrected chi connectivity index (χ0v) is 21.0. The van der Waals surface area contributed by atoms with Crippen LogP contribution in [0.3, 0.4) is 0 Å². The van der Waals surface area contributed by atoms with Crippen molar-refractivity contribution in [2.45, 2.75) is 71.4 Å². The van der Waals surface area contributed by atoms with Crippen LogP contribution in [0.5, 0.6) is 0 Å². The molecular formula is C24H35N5O4S. The second-order valence-corrected chi connectivity index (χ2v) is 10.4. The van der Waals surface area contributed by atoms with Gasteiger partial charge in [-0.2, -0.15) is 0 Å². The van der Waals surface area contributed by atoms with Crippen LogP contribution in [-0.2, 0) is 32.0 Å². The summed E-state index contributed by atoms with van der Waals surface area (Å²) < 4.78 is 5.50. The molecule has 0 spiro atoms. The van der Waals surface area contributed by atoms with Crippen LogP contribution in [0.1, 0.15) is 57.7 Å². The molecule has 1 aromatic rings. The van der Waals surface area contributed by atoms with Gasteiger partial charge in [-0.1, -0.05) is 39.1 Å². The number of fused-ring (bicyclic) bond motifs is 1. The summed E-state index contributed by atoms with van der Waals surface area (Å²) in [7, 11) is 0. The van der Waals surface area contributed by atoms with Crippen LogP contribution in [0.2, 0.25) is 0 Å². The van der Waals surface area contributed by atoms with Gasteiger partial charge in [0.1, 0.15) is 12.1 Å². The highest BCUT2D eigenvalue weighted by Gasteiger charge is 2.36. The van der Waals surface area contributed by atoms with E-state index < -0.39 is 12.1 Å². The van der Waals surface area contributed by atoms with Crippen LogP contribution < -0.4 is 16.5 Å². The van der Waals surface area contributed by atoms with E-state index in [0.717, 1.165) is 17.7 Å². The van der Waals surface area contributed by atoms with Crippen molar-refractivity contribution < 1.29 is 19.1 Å². The number of nitrogens with zero attached hydrogens (tertiary/aromatic N) is 2. The fourth-order valence-corrected chi connectivity index (χ4v) is 4.23. The summed E-state index contributed by atoms with van der Waals surface area (Å²) in [5, 5.41) is 4.22. The molecule has 0 radical (unpaired) electrons. The maximum atomic E-state index is 13.3. The molecule has 1 fully saturated rings. The Morgan fingerprint density at radius 3 is 2.82 bits per heavy atom. The van der Waals surface area contributed by atoms with Gasteiger partial charge in [0.2, 0.25) is 5.91 Å². The minimum Gasteiger partial charge on any atom is -0.464 e. The lowest BCUT2D eigenvalue weighted by atomic mass is 9.92. The summed E-state index contributed by atoms with van der Waals surface area (Å²) in [5.41, 5.74) is 10.6. The van der Waals surface area contributed by atoms with Crippen molar-refractivity contribution in [1.82, 2.24) is 20.7 Å². The van der Waals surface area contributed by atoms with Gasteiger partial charge in [-0.15, -0.1) is 0 Å². The summed E-state index contributed by atoms with van der Waals surface area (Å²) >= 11 is 5.03. The number of nitrogens with one attached hydrogen (secondary N) is 2. The third-order valence-electron chi connectivity index (χ3n) is 6.58. The lowest BCUT2D eigenvalue weighted by molar-refractivity contribution is -0.155. The van der Waals surface area contributed by atoms with Gasteiger partial charge in [-0.05, 0) is 42.7 Å². The number of thiocarbonyl (C=S) groups is 1. The second kappa shape index (κ2) is 11.2. The summed E-state index contributed by atoms with van der Waals surface area (Å²) in [6.45, 7) is 6.83. The fraction of sp³-hybridized carbons (Fsp3) is 0.625. The van der Waals surface area contributed by atoms with Crippen molar-refractivity contribution in [3.8, 4) is 0 Å². The maximum Gasteiger partial charge on any atom is 0.324 e. The van der Waals surface area contributed by atoms with E-state index in [-0.39, 0.29) is 40.5 Å².